The van der Waals surface area contributed by atoms with Gasteiger partial charge in [0, 0.05) is 10.2 Å². The Balaban J connectivity index is 1.77. The third kappa shape index (κ3) is 3.35. The summed E-state index contributed by atoms with van der Waals surface area (Å²) in [6.45, 7) is 1.49. The van der Waals surface area contributed by atoms with E-state index < -0.39 is 23.4 Å². The van der Waals surface area contributed by atoms with Crippen molar-refractivity contribution in [1.29, 1.82) is 0 Å². The van der Waals surface area contributed by atoms with Crippen molar-refractivity contribution in [3.8, 4) is 0 Å². The summed E-state index contributed by atoms with van der Waals surface area (Å²) in [5.74, 6) is -0.854. The molecule has 134 valence electrons. The number of benzene rings is 2. The first-order valence-corrected chi connectivity index (χ1v) is 9.00. The molecule has 0 spiro atoms. The summed E-state index contributed by atoms with van der Waals surface area (Å²) in [5, 5.41) is 5.45. The van der Waals surface area contributed by atoms with E-state index >= 15 is 0 Å². The van der Waals surface area contributed by atoms with Crippen molar-refractivity contribution in [2.75, 3.05) is 11.9 Å². The first-order chi connectivity index (χ1) is 12.5. The van der Waals surface area contributed by atoms with Gasteiger partial charge in [-0.2, -0.15) is 0 Å². The van der Waals surface area contributed by atoms with Gasteiger partial charge in [0.15, 0.2) is 0 Å². The minimum absolute atomic E-state index is 0.342. The van der Waals surface area contributed by atoms with Gasteiger partial charge in [-0.15, -0.1) is 0 Å². The smallest absolute Gasteiger partial charge is 0.324 e. The number of hydrogen-bond donors (Lipinski definition) is 2. The highest BCUT2D eigenvalue weighted by atomic mass is 79.9. The van der Waals surface area contributed by atoms with Gasteiger partial charge in [-0.1, -0.05) is 59.3 Å². The first kappa shape index (κ1) is 18.1. The number of anilines is 1. The maximum Gasteiger partial charge on any atom is 0.325 e. The largest absolute Gasteiger partial charge is 0.325 e. The monoisotopic (exact) mass is 415 g/mol. The summed E-state index contributed by atoms with van der Waals surface area (Å²) in [5.41, 5.74) is 0.158. The summed E-state index contributed by atoms with van der Waals surface area (Å²) in [6.07, 6.45) is 0.394. The molecule has 0 aliphatic carbocycles. The SMILES string of the molecule is CC[C@@]1(c2ccccc2)NC(=O)N(CC(=O)Nc2cccc(Br)c2)C1=O. The molecule has 2 aromatic carbocycles. The fourth-order valence-electron chi connectivity index (χ4n) is 3.04. The van der Waals surface area contributed by atoms with Gasteiger partial charge >= 0.3 is 6.03 Å². The summed E-state index contributed by atoms with van der Waals surface area (Å²) in [7, 11) is 0. The van der Waals surface area contributed by atoms with Crippen molar-refractivity contribution in [1.82, 2.24) is 10.2 Å². The van der Waals surface area contributed by atoms with Crippen LogP contribution in [0.5, 0.6) is 0 Å². The number of amides is 4. The van der Waals surface area contributed by atoms with Gasteiger partial charge < -0.3 is 10.6 Å². The van der Waals surface area contributed by atoms with E-state index in [0.29, 0.717) is 17.7 Å². The molecule has 1 atom stereocenters. The van der Waals surface area contributed by atoms with Gasteiger partial charge in [-0.3, -0.25) is 14.5 Å². The molecule has 7 heteroatoms. The van der Waals surface area contributed by atoms with E-state index in [1.54, 1.807) is 30.3 Å². The van der Waals surface area contributed by atoms with Crippen LogP contribution in [0.3, 0.4) is 0 Å². The third-order valence-electron chi connectivity index (χ3n) is 4.38. The van der Waals surface area contributed by atoms with Crippen molar-refractivity contribution in [2.24, 2.45) is 0 Å². The Labute approximate surface area is 159 Å². The number of urea groups is 1. The van der Waals surface area contributed by atoms with Gasteiger partial charge in [0.25, 0.3) is 5.91 Å². The lowest BCUT2D eigenvalue weighted by Crippen LogP contribution is -2.44. The highest BCUT2D eigenvalue weighted by molar-refractivity contribution is 9.10. The quantitative estimate of drug-likeness (QED) is 0.735. The summed E-state index contributed by atoms with van der Waals surface area (Å²) in [4.78, 5) is 38.6. The summed E-state index contributed by atoms with van der Waals surface area (Å²) >= 11 is 3.33. The summed E-state index contributed by atoms with van der Waals surface area (Å²) < 4.78 is 0.819. The molecule has 0 saturated carbocycles. The minimum Gasteiger partial charge on any atom is -0.324 e. The molecule has 0 unspecified atom stereocenters. The number of hydrogen-bond acceptors (Lipinski definition) is 3. The van der Waals surface area contributed by atoms with Crippen LogP contribution in [0, 0.1) is 0 Å². The first-order valence-electron chi connectivity index (χ1n) is 8.21. The van der Waals surface area contributed by atoms with E-state index in [1.165, 1.54) is 0 Å². The molecule has 26 heavy (non-hydrogen) atoms. The molecular formula is C19H18BrN3O3. The number of halogens is 1. The Kier molecular flexibility index (Phi) is 5.08. The normalized spacial score (nSPS) is 19.4. The van der Waals surface area contributed by atoms with Crippen molar-refractivity contribution in [3.05, 3.63) is 64.6 Å². The van der Waals surface area contributed by atoms with E-state index in [1.807, 2.05) is 31.2 Å². The standard InChI is InChI=1S/C19H18BrN3O3/c1-2-19(13-7-4-3-5-8-13)17(25)23(18(26)22-19)12-16(24)21-15-10-6-9-14(20)11-15/h3-11H,2,12H2,1H3,(H,21,24)(H,22,26)/t19-/m0/s1. The Morgan fingerprint density at radius 3 is 2.54 bits per heavy atom. The number of rotatable bonds is 5. The van der Waals surface area contributed by atoms with Gasteiger partial charge in [-0.25, -0.2) is 4.79 Å². The molecule has 1 heterocycles. The van der Waals surface area contributed by atoms with Crippen molar-refractivity contribution >= 4 is 39.5 Å². The lowest BCUT2D eigenvalue weighted by Gasteiger charge is -2.25. The Morgan fingerprint density at radius 2 is 1.88 bits per heavy atom. The second-order valence-electron chi connectivity index (χ2n) is 6.00. The maximum absolute atomic E-state index is 13.0. The zero-order chi connectivity index (χ0) is 18.7. The Morgan fingerprint density at radius 1 is 1.15 bits per heavy atom. The minimum atomic E-state index is -1.13. The highest BCUT2D eigenvalue weighted by Crippen LogP contribution is 2.32. The number of nitrogens with one attached hydrogen (secondary N) is 2. The maximum atomic E-state index is 13.0. The van der Waals surface area contributed by atoms with E-state index in [-0.39, 0.29) is 6.54 Å². The molecule has 3 rings (SSSR count). The Hall–Kier alpha value is -2.67. The zero-order valence-corrected chi connectivity index (χ0v) is 15.7. The van der Waals surface area contributed by atoms with Crippen LogP contribution in [0.15, 0.2) is 59.1 Å². The second kappa shape index (κ2) is 7.29. The average Bonchev–Trinajstić information content (AvgIpc) is 2.87. The fourth-order valence-corrected chi connectivity index (χ4v) is 3.44. The average molecular weight is 416 g/mol. The second-order valence-corrected chi connectivity index (χ2v) is 6.92. The van der Waals surface area contributed by atoms with Gasteiger partial charge in [0.05, 0.1) is 0 Å². The molecule has 1 saturated heterocycles. The van der Waals surface area contributed by atoms with Crippen molar-refractivity contribution in [2.45, 2.75) is 18.9 Å². The topological polar surface area (TPSA) is 78.5 Å². The molecule has 1 aliphatic rings. The van der Waals surface area contributed by atoms with E-state index in [2.05, 4.69) is 26.6 Å². The predicted molar refractivity (Wildman–Crippen MR) is 101 cm³/mol. The molecule has 1 aliphatic heterocycles. The van der Waals surface area contributed by atoms with Crippen molar-refractivity contribution < 1.29 is 14.4 Å². The molecule has 2 aromatic rings. The van der Waals surface area contributed by atoms with Gasteiger partial charge in [0.1, 0.15) is 12.1 Å². The van der Waals surface area contributed by atoms with Crippen LogP contribution < -0.4 is 10.6 Å². The molecular weight excluding hydrogens is 398 g/mol. The van der Waals surface area contributed by atoms with Crippen LogP contribution in [0.2, 0.25) is 0 Å². The van der Waals surface area contributed by atoms with Gasteiger partial charge in [-0.05, 0) is 30.2 Å². The zero-order valence-electron chi connectivity index (χ0n) is 14.2. The molecule has 4 amide bonds. The number of carbonyl (C=O) groups excluding carboxylic acids is 3. The fraction of sp³-hybridized carbons (Fsp3) is 0.211. The number of nitrogens with zero attached hydrogens (tertiary/aromatic N) is 1. The van der Waals surface area contributed by atoms with Crippen LogP contribution in [-0.4, -0.2) is 29.3 Å². The van der Waals surface area contributed by atoms with Gasteiger partial charge in [0.2, 0.25) is 5.91 Å². The van der Waals surface area contributed by atoms with Crippen LogP contribution in [0.4, 0.5) is 10.5 Å². The highest BCUT2D eigenvalue weighted by Gasteiger charge is 2.51. The number of imide groups is 1. The van der Waals surface area contributed by atoms with Crippen LogP contribution in [0.25, 0.3) is 0 Å². The molecule has 0 radical (unpaired) electrons. The molecule has 1 fully saturated rings. The lowest BCUT2D eigenvalue weighted by atomic mass is 9.87. The van der Waals surface area contributed by atoms with Crippen LogP contribution in [-0.2, 0) is 15.1 Å². The Bertz CT molecular complexity index is 856. The van der Waals surface area contributed by atoms with E-state index in [9.17, 15) is 14.4 Å². The van der Waals surface area contributed by atoms with Crippen LogP contribution in [0.1, 0.15) is 18.9 Å². The van der Waals surface area contributed by atoms with E-state index in [0.717, 1.165) is 9.37 Å². The molecule has 0 bridgehead atoms. The predicted octanol–water partition coefficient (Wildman–Crippen LogP) is 3.24. The lowest BCUT2D eigenvalue weighted by molar-refractivity contribution is -0.134. The summed E-state index contributed by atoms with van der Waals surface area (Å²) in [6, 6.07) is 15.6. The molecule has 2 N–H and O–H groups in total. The number of carbonyl (C=O) groups is 3. The van der Waals surface area contributed by atoms with E-state index in [4.69, 9.17) is 0 Å². The van der Waals surface area contributed by atoms with Crippen molar-refractivity contribution in [3.63, 3.8) is 0 Å². The molecule has 0 aromatic heterocycles. The third-order valence-corrected chi connectivity index (χ3v) is 4.88. The van der Waals surface area contributed by atoms with Crippen LogP contribution >= 0.6 is 15.9 Å². The molecule has 6 nitrogen and oxygen atoms in total.